The third-order valence-corrected chi connectivity index (χ3v) is 3.77. The Morgan fingerprint density at radius 3 is 2.15 bits per heavy atom. The van der Waals surface area contributed by atoms with E-state index in [1.165, 1.54) is 17.6 Å². The van der Waals surface area contributed by atoms with Gasteiger partial charge in [0.2, 0.25) is 0 Å². The zero-order valence-corrected chi connectivity index (χ0v) is 14.3. The van der Waals surface area contributed by atoms with Gasteiger partial charge in [0, 0.05) is 5.69 Å². The topological polar surface area (TPSA) is 26.0 Å². The fourth-order valence-corrected chi connectivity index (χ4v) is 2.29. The SMILES string of the molecule is CCC/C(=C\c1cc(C(C)(C)C)ccc1N)C(C)(C)C. The Bertz CT molecular complexity index is 481. The van der Waals surface area contributed by atoms with E-state index in [0.29, 0.717) is 0 Å². The summed E-state index contributed by atoms with van der Waals surface area (Å²) in [6.07, 6.45) is 4.60. The van der Waals surface area contributed by atoms with Crippen molar-refractivity contribution in [3.63, 3.8) is 0 Å². The summed E-state index contributed by atoms with van der Waals surface area (Å²) in [7, 11) is 0. The molecule has 0 radical (unpaired) electrons. The third-order valence-electron chi connectivity index (χ3n) is 3.77. The highest BCUT2D eigenvalue weighted by Crippen LogP contribution is 2.33. The number of nitrogen functional groups attached to an aromatic ring is 1. The maximum absolute atomic E-state index is 6.18. The molecular formula is C19H31N. The van der Waals surface area contributed by atoms with Crippen LogP contribution in [0.25, 0.3) is 6.08 Å². The molecule has 0 fully saturated rings. The summed E-state index contributed by atoms with van der Waals surface area (Å²) in [5.41, 5.74) is 11.4. The highest BCUT2D eigenvalue weighted by atomic mass is 14.6. The summed E-state index contributed by atoms with van der Waals surface area (Å²) < 4.78 is 0. The predicted molar refractivity (Wildman–Crippen MR) is 91.9 cm³/mol. The first kappa shape index (κ1) is 16.8. The first-order chi connectivity index (χ1) is 9.05. The van der Waals surface area contributed by atoms with Crippen LogP contribution in [0.4, 0.5) is 5.69 Å². The van der Waals surface area contributed by atoms with Crippen molar-refractivity contribution in [1.82, 2.24) is 0 Å². The number of anilines is 1. The largest absolute Gasteiger partial charge is 0.398 e. The summed E-state index contributed by atoms with van der Waals surface area (Å²) in [6, 6.07) is 6.43. The van der Waals surface area contributed by atoms with Gasteiger partial charge in [-0.15, -0.1) is 0 Å². The number of nitrogens with two attached hydrogens (primary N) is 1. The van der Waals surface area contributed by atoms with Crippen LogP contribution in [0.1, 0.15) is 72.4 Å². The highest BCUT2D eigenvalue weighted by Gasteiger charge is 2.18. The zero-order valence-electron chi connectivity index (χ0n) is 14.3. The van der Waals surface area contributed by atoms with Crippen molar-refractivity contribution in [2.24, 2.45) is 5.41 Å². The van der Waals surface area contributed by atoms with Crippen molar-refractivity contribution in [1.29, 1.82) is 0 Å². The van der Waals surface area contributed by atoms with E-state index in [1.807, 2.05) is 6.07 Å². The molecule has 0 bridgehead atoms. The Kier molecular flexibility index (Phi) is 5.07. The molecule has 0 aliphatic carbocycles. The van der Waals surface area contributed by atoms with Crippen LogP contribution in [0.15, 0.2) is 23.8 Å². The summed E-state index contributed by atoms with van der Waals surface area (Å²) in [5, 5.41) is 0. The van der Waals surface area contributed by atoms with E-state index in [1.54, 1.807) is 0 Å². The lowest BCUT2D eigenvalue weighted by Gasteiger charge is -2.24. The van der Waals surface area contributed by atoms with Crippen molar-refractivity contribution in [3.05, 3.63) is 34.9 Å². The van der Waals surface area contributed by atoms with E-state index < -0.39 is 0 Å². The van der Waals surface area contributed by atoms with E-state index in [-0.39, 0.29) is 10.8 Å². The standard InChI is InChI=1S/C19H31N/c1-8-9-15(18(2,3)4)12-14-13-16(19(5,6)7)10-11-17(14)20/h10-13H,8-9,20H2,1-7H3/b15-12+. The molecule has 0 saturated carbocycles. The fraction of sp³-hybridized carbons (Fsp3) is 0.579. The average Bonchev–Trinajstić information content (AvgIpc) is 2.28. The smallest absolute Gasteiger partial charge is 0.0387 e. The second kappa shape index (κ2) is 6.03. The van der Waals surface area contributed by atoms with Gasteiger partial charge < -0.3 is 5.73 Å². The Morgan fingerprint density at radius 2 is 1.70 bits per heavy atom. The van der Waals surface area contributed by atoms with E-state index >= 15 is 0 Å². The molecule has 0 amide bonds. The molecule has 0 aliphatic heterocycles. The Balaban J connectivity index is 3.30. The minimum Gasteiger partial charge on any atom is -0.398 e. The van der Waals surface area contributed by atoms with Gasteiger partial charge in [0.05, 0.1) is 0 Å². The number of hydrogen-bond donors (Lipinski definition) is 1. The van der Waals surface area contributed by atoms with Crippen LogP contribution in [-0.2, 0) is 5.41 Å². The molecule has 1 aromatic rings. The molecule has 0 unspecified atom stereocenters. The molecule has 1 nitrogen and oxygen atoms in total. The molecule has 1 heteroatoms. The van der Waals surface area contributed by atoms with Gasteiger partial charge in [0.15, 0.2) is 0 Å². The second-order valence-corrected chi connectivity index (χ2v) is 7.76. The lowest BCUT2D eigenvalue weighted by Crippen LogP contribution is -2.12. The van der Waals surface area contributed by atoms with Crippen LogP contribution in [0.3, 0.4) is 0 Å². The third kappa shape index (κ3) is 4.40. The van der Waals surface area contributed by atoms with Crippen LogP contribution in [-0.4, -0.2) is 0 Å². The lowest BCUT2D eigenvalue weighted by molar-refractivity contribution is 0.484. The van der Waals surface area contributed by atoms with E-state index in [0.717, 1.165) is 17.7 Å². The molecule has 0 atom stereocenters. The van der Waals surface area contributed by atoms with Crippen LogP contribution >= 0.6 is 0 Å². The van der Waals surface area contributed by atoms with Crippen LogP contribution in [0.5, 0.6) is 0 Å². The van der Waals surface area contributed by atoms with E-state index in [2.05, 4.69) is 66.7 Å². The van der Waals surface area contributed by atoms with Crippen molar-refractivity contribution in [2.45, 2.75) is 66.7 Å². The van der Waals surface area contributed by atoms with Gasteiger partial charge in [-0.2, -0.15) is 0 Å². The fourth-order valence-electron chi connectivity index (χ4n) is 2.29. The molecule has 1 rings (SSSR count). The van der Waals surface area contributed by atoms with Crippen molar-refractivity contribution in [2.75, 3.05) is 5.73 Å². The molecule has 2 N–H and O–H groups in total. The minimum absolute atomic E-state index is 0.156. The van der Waals surface area contributed by atoms with Gasteiger partial charge in [-0.3, -0.25) is 0 Å². The van der Waals surface area contributed by atoms with Gasteiger partial charge in [-0.05, 0) is 40.5 Å². The Labute approximate surface area is 125 Å². The normalized spacial score (nSPS) is 13.7. The van der Waals surface area contributed by atoms with Gasteiger partial charge in [-0.1, -0.05) is 72.6 Å². The van der Waals surface area contributed by atoms with Crippen molar-refractivity contribution in [3.8, 4) is 0 Å². The Morgan fingerprint density at radius 1 is 1.10 bits per heavy atom. The van der Waals surface area contributed by atoms with E-state index in [9.17, 15) is 0 Å². The summed E-state index contributed by atoms with van der Waals surface area (Å²) in [4.78, 5) is 0. The molecule has 0 saturated heterocycles. The highest BCUT2D eigenvalue weighted by molar-refractivity contribution is 5.68. The minimum atomic E-state index is 0.156. The van der Waals surface area contributed by atoms with Gasteiger partial charge in [0.1, 0.15) is 0 Å². The molecule has 112 valence electrons. The summed E-state index contributed by atoms with van der Waals surface area (Å²) in [6.45, 7) is 15.8. The molecular weight excluding hydrogens is 242 g/mol. The average molecular weight is 273 g/mol. The second-order valence-electron chi connectivity index (χ2n) is 7.76. The van der Waals surface area contributed by atoms with Gasteiger partial charge in [0.25, 0.3) is 0 Å². The number of allylic oxidation sites excluding steroid dienone is 1. The first-order valence-electron chi connectivity index (χ1n) is 7.66. The van der Waals surface area contributed by atoms with Crippen molar-refractivity contribution >= 4 is 11.8 Å². The predicted octanol–water partition coefficient (Wildman–Crippen LogP) is 5.80. The maximum atomic E-state index is 6.18. The quantitative estimate of drug-likeness (QED) is 0.692. The molecule has 20 heavy (non-hydrogen) atoms. The number of rotatable bonds is 3. The maximum Gasteiger partial charge on any atom is 0.0387 e. The van der Waals surface area contributed by atoms with Crippen LogP contribution in [0, 0.1) is 5.41 Å². The first-order valence-corrected chi connectivity index (χ1v) is 7.66. The molecule has 0 heterocycles. The number of benzene rings is 1. The van der Waals surface area contributed by atoms with E-state index in [4.69, 9.17) is 5.73 Å². The van der Waals surface area contributed by atoms with Crippen LogP contribution < -0.4 is 5.73 Å². The molecule has 1 aromatic carbocycles. The number of hydrogen-bond acceptors (Lipinski definition) is 1. The van der Waals surface area contributed by atoms with Crippen molar-refractivity contribution < 1.29 is 0 Å². The summed E-state index contributed by atoms with van der Waals surface area (Å²) >= 11 is 0. The lowest BCUT2D eigenvalue weighted by atomic mass is 9.81. The summed E-state index contributed by atoms with van der Waals surface area (Å²) in [5.74, 6) is 0. The molecule has 0 spiro atoms. The molecule has 0 aliphatic rings. The van der Waals surface area contributed by atoms with Crippen LogP contribution in [0.2, 0.25) is 0 Å². The van der Waals surface area contributed by atoms with Gasteiger partial charge in [-0.25, -0.2) is 0 Å². The zero-order chi connectivity index (χ0) is 15.6. The monoisotopic (exact) mass is 273 g/mol. The molecule has 0 aromatic heterocycles. The van der Waals surface area contributed by atoms with Gasteiger partial charge >= 0.3 is 0 Å². The Hall–Kier alpha value is -1.24.